The number of pyridine rings is 1. The van der Waals surface area contributed by atoms with Crippen LogP contribution in [0.15, 0.2) is 18.2 Å². The van der Waals surface area contributed by atoms with E-state index in [2.05, 4.69) is 58.9 Å². The second-order valence-electron chi connectivity index (χ2n) is 7.15. The third kappa shape index (κ3) is 3.09. The van der Waals surface area contributed by atoms with Crippen molar-refractivity contribution in [3.05, 3.63) is 45.7 Å². The van der Waals surface area contributed by atoms with E-state index in [9.17, 15) is 0 Å². The minimum Gasteiger partial charge on any atom is -0.383 e. The summed E-state index contributed by atoms with van der Waals surface area (Å²) in [6, 6.07) is 6.60. The molecule has 1 aliphatic rings. The van der Waals surface area contributed by atoms with Crippen LogP contribution in [0.1, 0.15) is 61.2 Å². The summed E-state index contributed by atoms with van der Waals surface area (Å²) in [7, 11) is 0. The molecule has 1 unspecified atom stereocenters. The Bertz CT molecular complexity index is 996. The minimum atomic E-state index is 0.103. The highest BCUT2D eigenvalue weighted by Gasteiger charge is 2.30. The van der Waals surface area contributed by atoms with Gasteiger partial charge >= 0.3 is 0 Å². The molecule has 3 aromatic rings. The number of anilines is 1. The molecule has 0 spiro atoms. The molecule has 0 fully saturated rings. The molecule has 0 saturated heterocycles. The minimum absolute atomic E-state index is 0.103. The average molecular weight is 402 g/mol. The Kier molecular flexibility index (Phi) is 5.03. The molecule has 3 heterocycles. The van der Waals surface area contributed by atoms with E-state index in [-0.39, 0.29) is 5.92 Å². The molecule has 0 saturated carbocycles. The summed E-state index contributed by atoms with van der Waals surface area (Å²) in [6.45, 7) is 7.17. The third-order valence-electron chi connectivity index (χ3n) is 5.46. The molecule has 4 rings (SSSR count). The van der Waals surface area contributed by atoms with Crippen LogP contribution in [0.5, 0.6) is 0 Å². The van der Waals surface area contributed by atoms with Gasteiger partial charge in [0.2, 0.25) is 0 Å². The predicted molar refractivity (Wildman–Crippen MR) is 114 cm³/mol. The Labute approximate surface area is 169 Å². The summed E-state index contributed by atoms with van der Waals surface area (Å²) in [5.41, 5.74) is 7.19. The zero-order valence-corrected chi connectivity index (χ0v) is 17.5. The maximum Gasteiger partial charge on any atom is 0.135 e. The lowest BCUT2D eigenvalue weighted by molar-refractivity contribution is 0.430. The van der Waals surface area contributed by atoms with Crippen molar-refractivity contribution in [3.63, 3.8) is 0 Å². The van der Waals surface area contributed by atoms with Gasteiger partial charge in [-0.1, -0.05) is 36.7 Å². The molecule has 1 atom stereocenters. The van der Waals surface area contributed by atoms with Crippen LogP contribution in [0.3, 0.4) is 0 Å². The molecule has 0 radical (unpaired) electrons. The molecule has 0 aliphatic carbocycles. The van der Waals surface area contributed by atoms with Crippen LogP contribution in [-0.2, 0) is 5.75 Å². The molecule has 1 aromatic carbocycles. The number of halogens is 1. The number of hydrogen-bond donors (Lipinski definition) is 2. The first-order chi connectivity index (χ1) is 13.1. The molecule has 142 valence electrons. The van der Waals surface area contributed by atoms with Gasteiger partial charge in [0, 0.05) is 23.9 Å². The molecule has 1 N–H and O–H groups in total. The van der Waals surface area contributed by atoms with Gasteiger partial charge in [-0.05, 0) is 43.0 Å². The lowest BCUT2D eigenvalue weighted by Crippen LogP contribution is -2.10. The van der Waals surface area contributed by atoms with Crippen molar-refractivity contribution >= 4 is 41.0 Å². The number of fused-ring (bicyclic) bond motifs is 2. The molecule has 0 amide bonds. The maximum absolute atomic E-state index is 6.49. The molecule has 0 bridgehead atoms. The summed E-state index contributed by atoms with van der Waals surface area (Å²) in [4.78, 5) is 4.87. The van der Waals surface area contributed by atoms with Gasteiger partial charge in [-0.25, -0.2) is 4.68 Å². The second-order valence-corrected chi connectivity index (χ2v) is 7.88. The van der Waals surface area contributed by atoms with E-state index < -0.39 is 0 Å². The van der Waals surface area contributed by atoms with E-state index in [1.165, 1.54) is 5.56 Å². The van der Waals surface area contributed by atoms with Gasteiger partial charge < -0.3 is 5.32 Å². The largest absolute Gasteiger partial charge is 0.383 e. The van der Waals surface area contributed by atoms with Crippen molar-refractivity contribution in [1.29, 1.82) is 0 Å². The van der Waals surface area contributed by atoms with Crippen LogP contribution >= 0.6 is 24.2 Å². The van der Waals surface area contributed by atoms with Gasteiger partial charge in [-0.2, -0.15) is 12.6 Å². The first-order valence-electron chi connectivity index (χ1n) is 9.46. The number of benzene rings is 1. The Morgan fingerprint density at radius 2 is 2.07 bits per heavy atom. The van der Waals surface area contributed by atoms with E-state index in [1.54, 1.807) is 0 Å². The summed E-state index contributed by atoms with van der Waals surface area (Å²) < 4.78 is 2.06. The highest BCUT2D eigenvalue weighted by molar-refractivity contribution is 7.79. The number of nitrogens with one attached hydrogen (secondary N) is 1. The fraction of sp³-hybridized carbons (Fsp3) is 0.450. The van der Waals surface area contributed by atoms with Crippen molar-refractivity contribution < 1.29 is 0 Å². The zero-order chi connectivity index (χ0) is 19.1. The summed E-state index contributed by atoms with van der Waals surface area (Å²) in [5, 5.41) is 13.2. The van der Waals surface area contributed by atoms with Crippen LogP contribution in [0, 0.1) is 6.92 Å². The first kappa shape index (κ1) is 18.6. The Hall–Kier alpha value is -1.79. The molecule has 5 nitrogen and oxygen atoms in total. The van der Waals surface area contributed by atoms with Gasteiger partial charge in [0.25, 0.3) is 0 Å². The number of hydrogen-bond acceptors (Lipinski definition) is 5. The van der Waals surface area contributed by atoms with E-state index in [0.717, 1.165) is 58.1 Å². The normalized spacial score (nSPS) is 16.1. The highest BCUT2D eigenvalue weighted by Crippen LogP contribution is 2.42. The fourth-order valence-electron chi connectivity index (χ4n) is 4.04. The number of nitrogens with zero attached hydrogens (tertiary/aromatic N) is 4. The van der Waals surface area contributed by atoms with E-state index in [0.29, 0.717) is 11.8 Å². The highest BCUT2D eigenvalue weighted by atomic mass is 35.5. The van der Waals surface area contributed by atoms with E-state index >= 15 is 0 Å². The number of aromatic nitrogens is 4. The lowest BCUT2D eigenvalue weighted by Gasteiger charge is -2.15. The van der Waals surface area contributed by atoms with Crippen molar-refractivity contribution in [2.45, 2.75) is 51.3 Å². The number of rotatable bonds is 5. The molecule has 2 aromatic heterocycles. The topological polar surface area (TPSA) is 55.6 Å². The Morgan fingerprint density at radius 3 is 2.78 bits per heavy atom. The van der Waals surface area contributed by atoms with Crippen molar-refractivity contribution in [3.8, 4) is 0 Å². The monoisotopic (exact) mass is 401 g/mol. The Morgan fingerprint density at radius 1 is 1.30 bits per heavy atom. The van der Waals surface area contributed by atoms with Gasteiger partial charge in [-0.15, -0.1) is 5.10 Å². The van der Waals surface area contributed by atoms with Crippen LogP contribution in [-0.4, -0.2) is 26.5 Å². The maximum atomic E-state index is 6.49. The van der Waals surface area contributed by atoms with E-state index in [1.807, 2.05) is 13.0 Å². The van der Waals surface area contributed by atoms with Crippen molar-refractivity contribution in [1.82, 2.24) is 20.0 Å². The van der Waals surface area contributed by atoms with E-state index in [4.69, 9.17) is 16.6 Å². The smallest absolute Gasteiger partial charge is 0.135 e. The second kappa shape index (κ2) is 7.32. The number of thiol groups is 1. The molecular weight excluding hydrogens is 378 g/mol. The Balaban J connectivity index is 1.89. The van der Waals surface area contributed by atoms with Gasteiger partial charge in [0.1, 0.15) is 5.52 Å². The standard InChI is InChI=1S/C20H24ClN5S/c1-4-13(5-2)26-17-6-11(3)23-19(20(17)24-25-26)15-9-22-18-14(15)7-12(10-27)8-16(18)21/h6-8,13,15,22,27H,4-5,9-10H2,1-3H3. The molecule has 27 heavy (non-hydrogen) atoms. The predicted octanol–water partition coefficient (Wildman–Crippen LogP) is 5.14. The lowest BCUT2D eigenvalue weighted by atomic mass is 9.94. The molecule has 7 heteroatoms. The van der Waals surface area contributed by atoms with Gasteiger partial charge in [0.15, 0.2) is 0 Å². The van der Waals surface area contributed by atoms with Gasteiger partial charge in [0.05, 0.1) is 28.0 Å². The average Bonchev–Trinajstić information content (AvgIpc) is 3.27. The first-order valence-corrected chi connectivity index (χ1v) is 10.5. The van der Waals surface area contributed by atoms with Crippen molar-refractivity contribution in [2.75, 3.05) is 11.9 Å². The van der Waals surface area contributed by atoms with Crippen LogP contribution in [0.2, 0.25) is 5.02 Å². The van der Waals surface area contributed by atoms with Gasteiger partial charge in [-0.3, -0.25) is 4.98 Å². The van der Waals surface area contributed by atoms with Crippen LogP contribution in [0.25, 0.3) is 11.0 Å². The third-order valence-corrected chi connectivity index (χ3v) is 6.12. The molecule has 1 aliphatic heterocycles. The van der Waals surface area contributed by atoms with Crippen LogP contribution in [0.4, 0.5) is 5.69 Å². The van der Waals surface area contributed by atoms with Crippen LogP contribution < -0.4 is 5.32 Å². The zero-order valence-electron chi connectivity index (χ0n) is 15.8. The summed E-state index contributed by atoms with van der Waals surface area (Å²) in [5.74, 6) is 0.757. The summed E-state index contributed by atoms with van der Waals surface area (Å²) in [6.07, 6.45) is 2.06. The fourth-order valence-corrected chi connectivity index (χ4v) is 4.53. The quantitative estimate of drug-likeness (QED) is 0.581. The van der Waals surface area contributed by atoms with Crippen molar-refractivity contribution in [2.24, 2.45) is 0 Å². The SMILES string of the molecule is CCC(CC)n1nnc2c(C3CNc4c(Cl)cc(CS)cc43)nc(C)cc21. The molecular formula is C20H24ClN5S. The summed E-state index contributed by atoms with van der Waals surface area (Å²) >= 11 is 10.9. The number of aryl methyl sites for hydroxylation is 1.